The lowest BCUT2D eigenvalue weighted by atomic mass is 10.1. The van der Waals surface area contributed by atoms with Crippen LogP contribution in [0.3, 0.4) is 0 Å². The van der Waals surface area contributed by atoms with Gasteiger partial charge in [0.15, 0.2) is 0 Å². The maximum absolute atomic E-state index is 5.83. The van der Waals surface area contributed by atoms with Crippen molar-refractivity contribution in [2.45, 2.75) is 32.5 Å². The topological polar surface area (TPSA) is 52.6 Å². The van der Waals surface area contributed by atoms with Crippen LogP contribution in [0.5, 0.6) is 17.4 Å². The van der Waals surface area contributed by atoms with Crippen LogP contribution in [0.25, 0.3) is 0 Å². The van der Waals surface area contributed by atoms with Gasteiger partial charge in [-0.3, -0.25) is 0 Å². The molecule has 0 saturated heterocycles. The Kier molecular flexibility index (Phi) is 4.67. The molecule has 2 aromatic rings. The van der Waals surface area contributed by atoms with Crippen molar-refractivity contribution in [3.63, 3.8) is 0 Å². The van der Waals surface area contributed by atoms with Gasteiger partial charge in [-0.25, -0.2) is 4.98 Å². The van der Waals surface area contributed by atoms with E-state index in [-0.39, 0.29) is 6.10 Å². The van der Waals surface area contributed by atoms with Crippen LogP contribution in [0.4, 0.5) is 0 Å². The fourth-order valence-corrected chi connectivity index (χ4v) is 2.82. The zero-order chi connectivity index (χ0) is 16.2. The number of methoxy groups -OCH3 is 2. The highest BCUT2D eigenvalue weighted by molar-refractivity contribution is 5.48. The van der Waals surface area contributed by atoms with Crippen LogP contribution in [0.2, 0.25) is 0 Å². The Balaban J connectivity index is 1.67. The summed E-state index contributed by atoms with van der Waals surface area (Å²) in [6.45, 7) is 3.52. The van der Waals surface area contributed by atoms with E-state index in [4.69, 9.17) is 14.2 Å². The summed E-state index contributed by atoms with van der Waals surface area (Å²) in [4.78, 5) is 4.11. The molecule has 1 N–H and O–H groups in total. The Bertz CT molecular complexity index is 688. The summed E-state index contributed by atoms with van der Waals surface area (Å²) in [5, 5.41) is 3.43. The van der Waals surface area contributed by atoms with Gasteiger partial charge in [0.05, 0.1) is 14.2 Å². The molecule has 23 heavy (non-hydrogen) atoms. The number of nitrogens with one attached hydrogen (secondary N) is 1. The standard InChI is InChI=1S/C18H22N2O3/c1-12-6-14-8-16(21-2)15(9-17(14)23-12)11-19-10-13-4-5-20-18(7-13)22-3/h4-5,7-9,12,19H,6,10-11H2,1-3H3. The lowest BCUT2D eigenvalue weighted by molar-refractivity contribution is 0.254. The average molecular weight is 314 g/mol. The number of fused-ring (bicyclic) bond motifs is 1. The molecule has 1 unspecified atom stereocenters. The molecule has 0 aliphatic carbocycles. The van der Waals surface area contributed by atoms with Gasteiger partial charge in [-0.05, 0) is 30.7 Å². The monoisotopic (exact) mass is 314 g/mol. The first-order chi connectivity index (χ1) is 11.2. The van der Waals surface area contributed by atoms with Crippen LogP contribution in [0.15, 0.2) is 30.5 Å². The Morgan fingerprint density at radius 2 is 2.09 bits per heavy atom. The Hall–Kier alpha value is -2.27. The molecule has 5 nitrogen and oxygen atoms in total. The Morgan fingerprint density at radius 1 is 1.22 bits per heavy atom. The molecule has 5 heteroatoms. The lowest BCUT2D eigenvalue weighted by Crippen LogP contribution is -2.13. The molecule has 0 spiro atoms. The van der Waals surface area contributed by atoms with E-state index in [1.54, 1.807) is 20.4 Å². The summed E-state index contributed by atoms with van der Waals surface area (Å²) in [6, 6.07) is 8.07. The molecule has 1 aliphatic rings. The first-order valence-corrected chi connectivity index (χ1v) is 7.75. The Labute approximate surface area is 136 Å². The number of nitrogens with zero attached hydrogens (tertiary/aromatic N) is 1. The van der Waals surface area contributed by atoms with E-state index < -0.39 is 0 Å². The summed E-state index contributed by atoms with van der Waals surface area (Å²) >= 11 is 0. The fourth-order valence-electron chi connectivity index (χ4n) is 2.82. The maximum atomic E-state index is 5.83. The summed E-state index contributed by atoms with van der Waals surface area (Å²) in [7, 11) is 3.33. The molecular weight excluding hydrogens is 292 g/mol. The van der Waals surface area contributed by atoms with E-state index in [0.717, 1.165) is 35.6 Å². The van der Waals surface area contributed by atoms with Crippen molar-refractivity contribution in [1.29, 1.82) is 0 Å². The van der Waals surface area contributed by atoms with Crippen LogP contribution in [-0.4, -0.2) is 25.3 Å². The zero-order valence-corrected chi connectivity index (χ0v) is 13.8. The SMILES string of the molecule is COc1cc(CNCc2cc3c(cc2OC)CC(C)O3)ccn1. The predicted molar refractivity (Wildman–Crippen MR) is 88.1 cm³/mol. The normalized spacial score (nSPS) is 15.9. The third kappa shape index (κ3) is 3.56. The highest BCUT2D eigenvalue weighted by Crippen LogP contribution is 2.34. The summed E-state index contributed by atoms with van der Waals surface area (Å²) in [6.07, 6.45) is 2.93. The second kappa shape index (κ2) is 6.87. The molecule has 0 fully saturated rings. The minimum absolute atomic E-state index is 0.238. The van der Waals surface area contributed by atoms with E-state index >= 15 is 0 Å². The van der Waals surface area contributed by atoms with Crippen LogP contribution >= 0.6 is 0 Å². The van der Waals surface area contributed by atoms with Crippen molar-refractivity contribution in [3.05, 3.63) is 47.2 Å². The molecule has 0 bridgehead atoms. The van der Waals surface area contributed by atoms with Gasteiger partial charge in [0.2, 0.25) is 5.88 Å². The summed E-state index contributed by atoms with van der Waals surface area (Å²) in [5.74, 6) is 2.50. The van der Waals surface area contributed by atoms with Crippen molar-refractivity contribution < 1.29 is 14.2 Å². The van der Waals surface area contributed by atoms with E-state index in [2.05, 4.69) is 29.4 Å². The summed E-state index contributed by atoms with van der Waals surface area (Å²) in [5.41, 5.74) is 3.44. The van der Waals surface area contributed by atoms with E-state index in [0.29, 0.717) is 12.4 Å². The number of hydrogen-bond acceptors (Lipinski definition) is 5. The van der Waals surface area contributed by atoms with Gasteiger partial charge in [-0.1, -0.05) is 0 Å². The molecular formula is C18H22N2O3. The third-order valence-electron chi connectivity index (χ3n) is 3.95. The van der Waals surface area contributed by atoms with Gasteiger partial charge >= 0.3 is 0 Å². The van der Waals surface area contributed by atoms with Crippen molar-refractivity contribution >= 4 is 0 Å². The molecule has 1 aliphatic heterocycles. The third-order valence-corrected chi connectivity index (χ3v) is 3.95. The number of benzene rings is 1. The van der Waals surface area contributed by atoms with Crippen molar-refractivity contribution in [3.8, 4) is 17.4 Å². The molecule has 3 rings (SSSR count). The first kappa shape index (κ1) is 15.6. The number of aromatic nitrogens is 1. The molecule has 1 atom stereocenters. The van der Waals surface area contributed by atoms with E-state index in [1.807, 2.05) is 12.1 Å². The smallest absolute Gasteiger partial charge is 0.213 e. The average Bonchev–Trinajstić information content (AvgIpc) is 2.93. The van der Waals surface area contributed by atoms with Crippen molar-refractivity contribution in [2.24, 2.45) is 0 Å². The van der Waals surface area contributed by atoms with Gasteiger partial charge in [0.25, 0.3) is 0 Å². The number of hydrogen-bond donors (Lipinski definition) is 1. The molecule has 0 amide bonds. The van der Waals surface area contributed by atoms with E-state index in [1.165, 1.54) is 5.56 Å². The van der Waals surface area contributed by atoms with Gasteiger partial charge in [-0.15, -0.1) is 0 Å². The van der Waals surface area contributed by atoms with Crippen LogP contribution < -0.4 is 19.5 Å². The minimum atomic E-state index is 0.238. The van der Waals surface area contributed by atoms with Crippen LogP contribution in [0, 0.1) is 0 Å². The largest absolute Gasteiger partial charge is 0.496 e. The van der Waals surface area contributed by atoms with Gasteiger partial charge < -0.3 is 19.5 Å². The highest BCUT2D eigenvalue weighted by atomic mass is 16.5. The molecule has 0 radical (unpaired) electrons. The molecule has 1 aromatic carbocycles. The van der Waals surface area contributed by atoms with Crippen LogP contribution in [-0.2, 0) is 19.5 Å². The lowest BCUT2D eigenvalue weighted by Gasteiger charge is -2.12. The van der Waals surface area contributed by atoms with Crippen molar-refractivity contribution in [1.82, 2.24) is 10.3 Å². The molecule has 2 heterocycles. The highest BCUT2D eigenvalue weighted by Gasteiger charge is 2.21. The second-order valence-corrected chi connectivity index (χ2v) is 5.71. The number of rotatable bonds is 6. The minimum Gasteiger partial charge on any atom is -0.496 e. The zero-order valence-electron chi connectivity index (χ0n) is 13.8. The predicted octanol–water partition coefficient (Wildman–Crippen LogP) is 2.71. The maximum Gasteiger partial charge on any atom is 0.213 e. The van der Waals surface area contributed by atoms with E-state index in [9.17, 15) is 0 Å². The van der Waals surface area contributed by atoms with Gasteiger partial charge in [0, 0.05) is 42.9 Å². The second-order valence-electron chi connectivity index (χ2n) is 5.71. The summed E-state index contributed by atoms with van der Waals surface area (Å²) < 4.78 is 16.5. The molecule has 0 saturated carbocycles. The molecule has 1 aromatic heterocycles. The van der Waals surface area contributed by atoms with Crippen molar-refractivity contribution in [2.75, 3.05) is 14.2 Å². The molecule has 122 valence electrons. The fraction of sp³-hybridized carbons (Fsp3) is 0.389. The number of ether oxygens (including phenoxy) is 3. The quantitative estimate of drug-likeness (QED) is 0.888. The van der Waals surface area contributed by atoms with Gasteiger partial charge in [-0.2, -0.15) is 0 Å². The van der Waals surface area contributed by atoms with Gasteiger partial charge in [0.1, 0.15) is 17.6 Å². The van der Waals surface area contributed by atoms with Crippen LogP contribution in [0.1, 0.15) is 23.6 Å². The Morgan fingerprint density at radius 3 is 2.87 bits per heavy atom. The number of pyridine rings is 1. The first-order valence-electron chi connectivity index (χ1n) is 7.75.